The minimum absolute atomic E-state index is 0.810. The van der Waals surface area contributed by atoms with Crippen molar-refractivity contribution in [3.05, 3.63) is 34.9 Å². The molecular weight excluding hydrogens is 242 g/mol. The summed E-state index contributed by atoms with van der Waals surface area (Å²) >= 11 is 5.55. The zero-order chi connectivity index (χ0) is 12.4. The molecule has 1 aliphatic heterocycles. The second-order valence-electron chi connectivity index (χ2n) is 5.13. The molecule has 1 aliphatic carbocycles. The fraction of sp³-hybridized carbons (Fsp3) is 0.533. The molecule has 2 nitrogen and oxygen atoms in total. The number of benzene rings is 1. The molecule has 0 saturated carbocycles. The first-order valence-electron chi connectivity index (χ1n) is 6.79. The van der Waals surface area contributed by atoms with Crippen LogP contribution in [0, 0.1) is 0 Å². The zero-order valence-electron chi connectivity index (χ0n) is 10.7. The van der Waals surface area contributed by atoms with Gasteiger partial charge in [-0.15, -0.1) is 0 Å². The van der Waals surface area contributed by atoms with Crippen molar-refractivity contribution >= 4 is 17.2 Å². The minimum Gasteiger partial charge on any atom is -0.378 e. The van der Waals surface area contributed by atoms with Crippen LogP contribution in [0.25, 0.3) is 0 Å². The van der Waals surface area contributed by atoms with E-state index in [1.54, 1.807) is 0 Å². The van der Waals surface area contributed by atoms with E-state index in [4.69, 9.17) is 17.0 Å². The molecule has 3 heteroatoms. The first-order chi connectivity index (χ1) is 8.83. The second kappa shape index (κ2) is 5.37. The molecule has 18 heavy (non-hydrogen) atoms. The third kappa shape index (κ3) is 2.57. The quantitative estimate of drug-likeness (QED) is 0.758. The van der Waals surface area contributed by atoms with Crippen LogP contribution in [0.4, 0.5) is 0 Å². The monoisotopic (exact) mass is 261 g/mol. The van der Waals surface area contributed by atoms with Crippen LogP contribution >= 0.6 is 12.2 Å². The van der Waals surface area contributed by atoms with Crippen molar-refractivity contribution in [2.24, 2.45) is 0 Å². The van der Waals surface area contributed by atoms with Crippen LogP contribution in [-0.2, 0) is 24.0 Å². The standard InChI is InChI=1S/C15H19NOS/c18-15(16-6-8-17-9-7-16)11-12-4-5-13-2-1-3-14(13)10-12/h4-5,10H,1-3,6-9,11H2. The molecule has 3 rings (SSSR count). The molecule has 0 N–H and O–H groups in total. The predicted octanol–water partition coefficient (Wildman–Crippen LogP) is 2.38. The summed E-state index contributed by atoms with van der Waals surface area (Å²) in [6, 6.07) is 6.89. The smallest absolute Gasteiger partial charge is 0.0825 e. The van der Waals surface area contributed by atoms with E-state index >= 15 is 0 Å². The zero-order valence-corrected chi connectivity index (χ0v) is 11.5. The molecule has 2 aliphatic rings. The number of nitrogens with zero attached hydrogens (tertiary/aromatic N) is 1. The molecular formula is C15H19NOS. The summed E-state index contributed by atoms with van der Waals surface area (Å²) in [5.74, 6) is 0. The van der Waals surface area contributed by atoms with E-state index < -0.39 is 0 Å². The lowest BCUT2D eigenvalue weighted by molar-refractivity contribution is 0.0684. The first kappa shape index (κ1) is 12.1. The predicted molar refractivity (Wildman–Crippen MR) is 77.2 cm³/mol. The molecule has 0 spiro atoms. The van der Waals surface area contributed by atoms with Crippen molar-refractivity contribution in [1.29, 1.82) is 0 Å². The molecule has 0 atom stereocenters. The van der Waals surface area contributed by atoms with Crippen LogP contribution in [0.15, 0.2) is 18.2 Å². The summed E-state index contributed by atoms with van der Waals surface area (Å²) in [7, 11) is 0. The van der Waals surface area contributed by atoms with Gasteiger partial charge in [-0.05, 0) is 36.0 Å². The van der Waals surface area contributed by atoms with Crippen LogP contribution in [-0.4, -0.2) is 36.2 Å². The maximum absolute atomic E-state index is 5.55. The highest BCUT2D eigenvalue weighted by Crippen LogP contribution is 2.23. The van der Waals surface area contributed by atoms with Crippen molar-refractivity contribution in [3.63, 3.8) is 0 Å². The van der Waals surface area contributed by atoms with Gasteiger partial charge in [0.1, 0.15) is 0 Å². The molecule has 1 aromatic rings. The van der Waals surface area contributed by atoms with E-state index in [0.29, 0.717) is 0 Å². The highest BCUT2D eigenvalue weighted by molar-refractivity contribution is 7.80. The summed E-state index contributed by atoms with van der Waals surface area (Å²) in [6.07, 6.45) is 4.71. The number of morpholine rings is 1. The molecule has 0 aromatic heterocycles. The Hall–Kier alpha value is -0.930. The lowest BCUT2D eigenvalue weighted by atomic mass is 10.0. The largest absolute Gasteiger partial charge is 0.378 e. The normalized spacial score (nSPS) is 18.8. The average molecular weight is 261 g/mol. The van der Waals surface area contributed by atoms with Gasteiger partial charge < -0.3 is 9.64 Å². The van der Waals surface area contributed by atoms with Gasteiger partial charge in [-0.1, -0.05) is 30.4 Å². The number of ether oxygens (including phenoxy) is 1. The minimum atomic E-state index is 0.810. The van der Waals surface area contributed by atoms with Crippen molar-refractivity contribution in [3.8, 4) is 0 Å². The van der Waals surface area contributed by atoms with Gasteiger partial charge in [0.15, 0.2) is 0 Å². The van der Waals surface area contributed by atoms with Crippen LogP contribution < -0.4 is 0 Å². The molecule has 0 unspecified atom stereocenters. The van der Waals surface area contributed by atoms with Crippen LogP contribution in [0.2, 0.25) is 0 Å². The molecule has 1 saturated heterocycles. The maximum atomic E-state index is 5.55. The Labute approximate surface area is 114 Å². The Morgan fingerprint density at radius 3 is 2.78 bits per heavy atom. The summed E-state index contributed by atoms with van der Waals surface area (Å²) < 4.78 is 5.36. The number of hydrogen-bond acceptors (Lipinski definition) is 2. The van der Waals surface area contributed by atoms with E-state index in [0.717, 1.165) is 37.7 Å². The van der Waals surface area contributed by atoms with Gasteiger partial charge in [0.2, 0.25) is 0 Å². The third-order valence-electron chi connectivity index (χ3n) is 3.88. The Balaban J connectivity index is 1.66. The van der Waals surface area contributed by atoms with Gasteiger partial charge in [0.25, 0.3) is 0 Å². The molecule has 1 fully saturated rings. The van der Waals surface area contributed by atoms with E-state index in [9.17, 15) is 0 Å². The number of fused-ring (bicyclic) bond motifs is 1. The third-order valence-corrected chi connectivity index (χ3v) is 4.28. The molecule has 96 valence electrons. The first-order valence-corrected chi connectivity index (χ1v) is 7.20. The lowest BCUT2D eigenvalue weighted by Gasteiger charge is -2.29. The number of hydrogen-bond donors (Lipinski definition) is 0. The summed E-state index contributed by atoms with van der Waals surface area (Å²) in [5.41, 5.74) is 4.44. The van der Waals surface area contributed by atoms with E-state index in [-0.39, 0.29) is 0 Å². The van der Waals surface area contributed by atoms with Gasteiger partial charge >= 0.3 is 0 Å². The van der Waals surface area contributed by atoms with E-state index in [1.807, 2.05) is 0 Å². The average Bonchev–Trinajstić information content (AvgIpc) is 2.87. The lowest BCUT2D eigenvalue weighted by Crippen LogP contribution is -2.40. The molecule has 0 bridgehead atoms. The van der Waals surface area contributed by atoms with Crippen molar-refractivity contribution in [1.82, 2.24) is 4.90 Å². The van der Waals surface area contributed by atoms with Crippen molar-refractivity contribution in [2.45, 2.75) is 25.7 Å². The summed E-state index contributed by atoms with van der Waals surface area (Å²) in [6.45, 7) is 3.52. The van der Waals surface area contributed by atoms with Crippen LogP contribution in [0.1, 0.15) is 23.1 Å². The highest BCUT2D eigenvalue weighted by Gasteiger charge is 2.15. The van der Waals surface area contributed by atoms with E-state index in [2.05, 4.69) is 23.1 Å². The molecule has 0 radical (unpaired) electrons. The van der Waals surface area contributed by atoms with Crippen molar-refractivity contribution in [2.75, 3.05) is 26.3 Å². The van der Waals surface area contributed by atoms with Crippen molar-refractivity contribution < 1.29 is 4.74 Å². The molecule has 1 aromatic carbocycles. The number of aryl methyl sites for hydroxylation is 2. The summed E-state index contributed by atoms with van der Waals surface area (Å²) in [5, 5.41) is 0. The highest BCUT2D eigenvalue weighted by atomic mass is 32.1. The topological polar surface area (TPSA) is 12.5 Å². The van der Waals surface area contributed by atoms with Gasteiger partial charge in [0.05, 0.1) is 18.2 Å². The van der Waals surface area contributed by atoms with Crippen LogP contribution in [0.3, 0.4) is 0 Å². The van der Waals surface area contributed by atoms with Gasteiger partial charge in [-0.2, -0.15) is 0 Å². The summed E-state index contributed by atoms with van der Waals surface area (Å²) in [4.78, 5) is 3.35. The Kier molecular flexibility index (Phi) is 3.62. The molecule has 1 heterocycles. The Morgan fingerprint density at radius 2 is 1.94 bits per heavy atom. The van der Waals surface area contributed by atoms with E-state index in [1.165, 1.54) is 36.0 Å². The van der Waals surface area contributed by atoms with Gasteiger partial charge in [0, 0.05) is 19.5 Å². The Morgan fingerprint density at radius 1 is 1.17 bits per heavy atom. The number of thiocarbonyl (C=S) groups is 1. The Bertz CT molecular complexity index is 452. The number of rotatable bonds is 2. The SMILES string of the molecule is S=C(Cc1ccc2c(c1)CCC2)N1CCOCC1. The fourth-order valence-electron chi connectivity index (χ4n) is 2.83. The maximum Gasteiger partial charge on any atom is 0.0825 e. The van der Waals surface area contributed by atoms with Crippen LogP contribution in [0.5, 0.6) is 0 Å². The molecule has 0 amide bonds. The fourth-order valence-corrected chi connectivity index (χ4v) is 3.18. The second-order valence-corrected chi connectivity index (χ2v) is 5.60. The van der Waals surface area contributed by atoms with Gasteiger partial charge in [-0.25, -0.2) is 0 Å². The van der Waals surface area contributed by atoms with Gasteiger partial charge in [-0.3, -0.25) is 0 Å².